The number of aliphatic imine (C=N–C) groups is 1. The Morgan fingerprint density at radius 3 is 2.10 bits per heavy atom. The van der Waals surface area contributed by atoms with E-state index in [2.05, 4.69) is 10.6 Å². The molecule has 7 nitrogen and oxygen atoms in total. The summed E-state index contributed by atoms with van der Waals surface area (Å²) in [6, 6.07) is 28.8. The van der Waals surface area contributed by atoms with Gasteiger partial charge in [0.15, 0.2) is 11.5 Å². The smallest absolute Gasteiger partial charge is 0.323 e. The summed E-state index contributed by atoms with van der Waals surface area (Å²) in [5.74, 6) is 2.17. The summed E-state index contributed by atoms with van der Waals surface area (Å²) in [5.41, 5.74) is 6.91. The number of carbonyl (C=O) groups is 1. The van der Waals surface area contributed by atoms with Crippen molar-refractivity contribution in [1.29, 1.82) is 0 Å². The zero-order valence-corrected chi connectivity index (χ0v) is 22.1. The molecule has 0 aromatic heterocycles. The molecule has 4 aromatic rings. The zero-order valence-electron chi connectivity index (χ0n) is 22.1. The molecule has 0 atom stereocenters. The third-order valence-corrected chi connectivity index (χ3v) is 6.55. The number of fused-ring (bicyclic) bond motifs is 1. The van der Waals surface area contributed by atoms with Crippen molar-refractivity contribution < 1.29 is 19.0 Å². The van der Waals surface area contributed by atoms with E-state index in [1.807, 2.05) is 91.0 Å². The van der Waals surface area contributed by atoms with E-state index < -0.39 is 0 Å². The Hall–Kier alpha value is -4.78. The highest BCUT2D eigenvalue weighted by molar-refractivity contribution is 6.04. The lowest BCUT2D eigenvalue weighted by atomic mass is 9.93. The highest BCUT2D eigenvalue weighted by Crippen LogP contribution is 2.33. The second kappa shape index (κ2) is 12.2. The summed E-state index contributed by atoms with van der Waals surface area (Å²) < 4.78 is 16.8. The number of ether oxygens (including phenoxy) is 3. The highest BCUT2D eigenvalue weighted by Gasteiger charge is 2.18. The van der Waals surface area contributed by atoms with Crippen molar-refractivity contribution in [2.45, 2.75) is 19.4 Å². The number of benzene rings is 4. The summed E-state index contributed by atoms with van der Waals surface area (Å²) in [6.45, 7) is 1.24. The van der Waals surface area contributed by atoms with Crippen LogP contribution in [0.2, 0.25) is 0 Å². The number of methoxy groups -OCH3 is 2. The molecular formula is C32H31N3O4. The molecule has 198 valence electrons. The number of amides is 2. The predicted octanol–water partition coefficient (Wildman–Crippen LogP) is 6.51. The highest BCUT2D eigenvalue weighted by atomic mass is 16.5. The molecule has 39 heavy (non-hydrogen) atoms. The molecule has 7 heteroatoms. The van der Waals surface area contributed by atoms with E-state index >= 15 is 0 Å². The fourth-order valence-electron chi connectivity index (χ4n) is 4.51. The molecular weight excluding hydrogens is 490 g/mol. The summed E-state index contributed by atoms with van der Waals surface area (Å²) in [7, 11) is 3.29. The van der Waals surface area contributed by atoms with Crippen molar-refractivity contribution in [2.75, 3.05) is 31.4 Å². The van der Waals surface area contributed by atoms with Gasteiger partial charge in [-0.05, 0) is 71.6 Å². The molecule has 0 radical (unpaired) electrons. The van der Waals surface area contributed by atoms with Crippen molar-refractivity contribution in [3.63, 3.8) is 0 Å². The fourth-order valence-corrected chi connectivity index (χ4v) is 4.51. The van der Waals surface area contributed by atoms with E-state index in [1.165, 1.54) is 5.56 Å². The van der Waals surface area contributed by atoms with Crippen LogP contribution in [0.4, 0.5) is 16.2 Å². The fraction of sp³-hybridized carbons (Fsp3) is 0.188. The van der Waals surface area contributed by atoms with Gasteiger partial charge in [-0.15, -0.1) is 0 Å². The maximum absolute atomic E-state index is 12.5. The van der Waals surface area contributed by atoms with Gasteiger partial charge in [0.2, 0.25) is 0 Å². The molecule has 1 aliphatic rings. The Labute approximate surface area is 228 Å². The number of nitrogens with one attached hydrogen (secondary N) is 2. The Balaban J connectivity index is 1.15. The lowest BCUT2D eigenvalue weighted by Gasteiger charge is -2.20. The Morgan fingerprint density at radius 1 is 0.795 bits per heavy atom. The maximum Gasteiger partial charge on any atom is 0.323 e. The van der Waals surface area contributed by atoms with Gasteiger partial charge in [-0.2, -0.15) is 0 Å². The predicted molar refractivity (Wildman–Crippen MR) is 155 cm³/mol. The third kappa shape index (κ3) is 6.57. The van der Waals surface area contributed by atoms with Crippen LogP contribution < -0.4 is 24.8 Å². The van der Waals surface area contributed by atoms with Crippen LogP contribution in [0.15, 0.2) is 96.0 Å². The Morgan fingerprint density at radius 2 is 1.44 bits per heavy atom. The number of nitrogens with zero attached hydrogens (tertiary/aromatic N) is 1. The van der Waals surface area contributed by atoms with Gasteiger partial charge in [0, 0.05) is 35.6 Å². The van der Waals surface area contributed by atoms with Gasteiger partial charge in [-0.3, -0.25) is 4.99 Å². The van der Waals surface area contributed by atoms with Gasteiger partial charge in [-0.1, -0.05) is 42.5 Å². The molecule has 1 heterocycles. The molecule has 0 aliphatic carbocycles. The van der Waals surface area contributed by atoms with Crippen LogP contribution >= 0.6 is 0 Å². The molecule has 0 bridgehead atoms. The molecule has 0 saturated heterocycles. The van der Waals surface area contributed by atoms with E-state index in [9.17, 15) is 4.79 Å². The van der Waals surface area contributed by atoms with Crippen LogP contribution in [-0.4, -0.2) is 32.5 Å². The lowest BCUT2D eigenvalue weighted by molar-refractivity contribution is 0.262. The number of anilines is 2. The van der Waals surface area contributed by atoms with Crippen molar-refractivity contribution in [1.82, 2.24) is 0 Å². The zero-order chi connectivity index (χ0) is 27.0. The lowest BCUT2D eigenvalue weighted by Crippen LogP contribution is -2.19. The van der Waals surface area contributed by atoms with Gasteiger partial charge in [-0.25, -0.2) is 4.79 Å². The minimum atomic E-state index is -0.313. The van der Waals surface area contributed by atoms with Gasteiger partial charge in [0.1, 0.15) is 12.4 Å². The first-order valence-electron chi connectivity index (χ1n) is 12.8. The average Bonchev–Trinajstić information content (AvgIpc) is 2.97. The quantitative estimate of drug-likeness (QED) is 0.263. The first-order chi connectivity index (χ1) is 19.1. The first-order valence-corrected chi connectivity index (χ1v) is 12.8. The molecule has 0 fully saturated rings. The molecule has 4 aromatic carbocycles. The summed E-state index contributed by atoms with van der Waals surface area (Å²) >= 11 is 0. The molecule has 0 spiro atoms. The van der Waals surface area contributed by atoms with E-state index in [0.29, 0.717) is 30.2 Å². The Kier molecular flexibility index (Phi) is 8.07. The van der Waals surface area contributed by atoms with Crippen LogP contribution in [0.25, 0.3) is 0 Å². The largest absolute Gasteiger partial charge is 0.493 e. The van der Waals surface area contributed by atoms with E-state index in [-0.39, 0.29) is 6.03 Å². The van der Waals surface area contributed by atoms with Crippen LogP contribution in [-0.2, 0) is 19.4 Å². The number of hydrogen-bond donors (Lipinski definition) is 2. The minimum Gasteiger partial charge on any atom is -0.493 e. The number of rotatable bonds is 9. The first kappa shape index (κ1) is 25.9. The molecule has 1 aliphatic heterocycles. The third-order valence-electron chi connectivity index (χ3n) is 6.55. The average molecular weight is 522 g/mol. The van der Waals surface area contributed by atoms with Gasteiger partial charge in [0.05, 0.1) is 14.2 Å². The number of hydrogen-bond acceptors (Lipinski definition) is 5. The van der Waals surface area contributed by atoms with Crippen molar-refractivity contribution in [2.24, 2.45) is 4.99 Å². The SMILES string of the molecule is COc1cc2c(cc1OC)C(Cc1ccc(NC(=O)Nc3ccc(OCc4ccccc4)cc3)cc1)=NCC2. The van der Waals surface area contributed by atoms with Crippen molar-refractivity contribution >= 4 is 23.1 Å². The summed E-state index contributed by atoms with van der Waals surface area (Å²) in [5, 5.41) is 5.74. The second-order valence-corrected chi connectivity index (χ2v) is 9.19. The normalized spacial score (nSPS) is 12.1. The van der Waals surface area contributed by atoms with Crippen LogP contribution in [0, 0.1) is 0 Å². The second-order valence-electron chi connectivity index (χ2n) is 9.19. The number of urea groups is 1. The topological polar surface area (TPSA) is 81.2 Å². The summed E-state index contributed by atoms with van der Waals surface area (Å²) in [6.07, 6.45) is 1.56. The van der Waals surface area contributed by atoms with Crippen molar-refractivity contribution in [3.8, 4) is 17.2 Å². The molecule has 0 saturated carbocycles. The van der Waals surface area contributed by atoms with Gasteiger partial charge in [0.25, 0.3) is 0 Å². The minimum absolute atomic E-state index is 0.313. The van der Waals surface area contributed by atoms with Gasteiger partial charge < -0.3 is 24.8 Å². The monoisotopic (exact) mass is 521 g/mol. The van der Waals surface area contributed by atoms with Crippen LogP contribution in [0.3, 0.4) is 0 Å². The van der Waals surface area contributed by atoms with Crippen LogP contribution in [0.5, 0.6) is 17.2 Å². The maximum atomic E-state index is 12.5. The summed E-state index contributed by atoms with van der Waals surface area (Å²) in [4.78, 5) is 17.3. The van der Waals surface area contributed by atoms with Crippen LogP contribution in [0.1, 0.15) is 22.3 Å². The standard InChI is InChI=1S/C32H31N3O4/c1-37-30-19-24-16-17-33-29(28(24)20-31(30)38-2)18-22-8-10-25(11-9-22)34-32(36)35-26-12-14-27(15-13-26)39-21-23-6-4-3-5-7-23/h3-15,19-20H,16-18,21H2,1-2H3,(H2,34,35,36). The van der Waals surface area contributed by atoms with E-state index in [0.717, 1.165) is 46.9 Å². The molecule has 2 N–H and O–H groups in total. The Bertz CT molecular complexity index is 1450. The molecule has 2 amide bonds. The van der Waals surface area contributed by atoms with Crippen molar-refractivity contribution in [3.05, 3.63) is 113 Å². The molecule has 5 rings (SSSR count). The number of carbonyl (C=O) groups excluding carboxylic acids is 1. The van der Waals surface area contributed by atoms with Gasteiger partial charge >= 0.3 is 6.03 Å². The molecule has 0 unspecified atom stereocenters. The van der Waals surface area contributed by atoms with E-state index in [4.69, 9.17) is 19.2 Å². The van der Waals surface area contributed by atoms with E-state index in [1.54, 1.807) is 14.2 Å².